The van der Waals surface area contributed by atoms with Crippen LogP contribution in [0.2, 0.25) is 0 Å². The summed E-state index contributed by atoms with van der Waals surface area (Å²) in [5.74, 6) is -3.37. The van der Waals surface area contributed by atoms with Crippen molar-refractivity contribution in [3.63, 3.8) is 0 Å². The lowest BCUT2D eigenvalue weighted by Gasteiger charge is -2.12. The van der Waals surface area contributed by atoms with Crippen molar-refractivity contribution in [3.05, 3.63) is 47.4 Å². The molecule has 166 valence electrons. The summed E-state index contributed by atoms with van der Waals surface area (Å²) in [6.07, 6.45) is 2.85. The lowest BCUT2D eigenvalue weighted by Crippen LogP contribution is -2.18. The first-order valence-corrected chi connectivity index (χ1v) is 11.0. The monoisotopic (exact) mass is 453 g/mol. The van der Waals surface area contributed by atoms with Gasteiger partial charge in [-0.1, -0.05) is 6.92 Å². The summed E-state index contributed by atoms with van der Waals surface area (Å²) >= 11 is 0. The minimum atomic E-state index is -3.84. The molecule has 0 saturated heterocycles. The maximum atomic E-state index is 15.0. The Morgan fingerprint density at radius 3 is 2.74 bits per heavy atom. The number of hydrogen-bond acceptors (Lipinski definition) is 7. The first-order valence-electron chi connectivity index (χ1n) is 9.37. The van der Waals surface area contributed by atoms with Gasteiger partial charge in [-0.15, -0.1) is 0 Å². The summed E-state index contributed by atoms with van der Waals surface area (Å²) in [6, 6.07) is 1.77. The molecule has 9 nitrogen and oxygen atoms in total. The number of H-pyrrole nitrogens is 1. The molecule has 0 spiro atoms. The SMILES string of the molecule is CCCS(=O)(=O)Nc1ccc(F)c(C(=O)c2c[nH]c3ncnc(NCCOC)c23)c1F. The highest BCUT2D eigenvalue weighted by Gasteiger charge is 2.27. The molecular formula is C19H21F2N5O4S. The first kappa shape index (κ1) is 22.6. The minimum Gasteiger partial charge on any atom is -0.383 e. The third kappa shape index (κ3) is 4.80. The number of anilines is 2. The topological polar surface area (TPSA) is 126 Å². The Kier molecular flexibility index (Phi) is 6.81. The average Bonchev–Trinajstić information content (AvgIpc) is 3.15. The highest BCUT2D eigenvalue weighted by molar-refractivity contribution is 7.92. The van der Waals surface area contributed by atoms with Crippen molar-refractivity contribution in [1.29, 1.82) is 0 Å². The zero-order valence-electron chi connectivity index (χ0n) is 16.8. The van der Waals surface area contributed by atoms with Gasteiger partial charge >= 0.3 is 0 Å². The van der Waals surface area contributed by atoms with E-state index in [2.05, 4.69) is 25.0 Å². The number of ether oxygens (including phenoxy) is 1. The Morgan fingerprint density at radius 2 is 2.03 bits per heavy atom. The van der Waals surface area contributed by atoms with Crippen LogP contribution in [0.15, 0.2) is 24.7 Å². The molecule has 0 bridgehead atoms. The number of carbonyl (C=O) groups excluding carboxylic acids is 1. The summed E-state index contributed by atoms with van der Waals surface area (Å²) in [5, 5.41) is 3.23. The number of benzene rings is 1. The highest BCUT2D eigenvalue weighted by atomic mass is 32.2. The van der Waals surface area contributed by atoms with Gasteiger partial charge in [0.15, 0.2) is 5.82 Å². The first-order chi connectivity index (χ1) is 14.8. The third-order valence-corrected chi connectivity index (χ3v) is 5.85. The average molecular weight is 453 g/mol. The maximum absolute atomic E-state index is 15.0. The van der Waals surface area contributed by atoms with Gasteiger partial charge in [0.1, 0.15) is 23.6 Å². The summed E-state index contributed by atoms with van der Waals surface area (Å²) in [7, 11) is -2.32. The molecule has 0 aliphatic heterocycles. The second-order valence-corrected chi connectivity index (χ2v) is 8.44. The fraction of sp³-hybridized carbons (Fsp3) is 0.316. The number of sulfonamides is 1. The summed E-state index contributed by atoms with van der Waals surface area (Å²) in [5.41, 5.74) is -1.17. The minimum absolute atomic E-state index is 0.0677. The van der Waals surface area contributed by atoms with Crippen LogP contribution in [0.1, 0.15) is 29.3 Å². The van der Waals surface area contributed by atoms with E-state index in [1.54, 1.807) is 6.92 Å². The van der Waals surface area contributed by atoms with E-state index in [0.717, 1.165) is 12.1 Å². The van der Waals surface area contributed by atoms with Crippen molar-refractivity contribution in [2.24, 2.45) is 0 Å². The van der Waals surface area contributed by atoms with Crippen molar-refractivity contribution < 1.29 is 26.7 Å². The quantitative estimate of drug-likeness (QED) is 0.318. The second kappa shape index (κ2) is 9.35. The van der Waals surface area contributed by atoms with Crippen LogP contribution < -0.4 is 10.0 Å². The van der Waals surface area contributed by atoms with Crippen molar-refractivity contribution in [3.8, 4) is 0 Å². The molecule has 31 heavy (non-hydrogen) atoms. The molecule has 0 atom stereocenters. The number of ketones is 1. The lowest BCUT2D eigenvalue weighted by atomic mass is 10.0. The van der Waals surface area contributed by atoms with Crippen LogP contribution in [-0.4, -0.2) is 55.2 Å². The van der Waals surface area contributed by atoms with Gasteiger partial charge in [0.25, 0.3) is 0 Å². The molecule has 0 radical (unpaired) electrons. The van der Waals surface area contributed by atoms with Gasteiger partial charge < -0.3 is 15.0 Å². The molecule has 0 amide bonds. The van der Waals surface area contributed by atoms with Crippen LogP contribution in [0, 0.1) is 11.6 Å². The van der Waals surface area contributed by atoms with E-state index in [9.17, 15) is 17.6 Å². The van der Waals surface area contributed by atoms with E-state index in [1.165, 1.54) is 19.6 Å². The van der Waals surface area contributed by atoms with Crippen LogP contribution in [-0.2, 0) is 14.8 Å². The summed E-state index contributed by atoms with van der Waals surface area (Å²) in [4.78, 5) is 24.0. The number of fused-ring (bicyclic) bond motifs is 1. The van der Waals surface area contributed by atoms with E-state index in [-0.39, 0.29) is 22.5 Å². The number of aromatic nitrogens is 3. The number of halogens is 2. The second-order valence-electron chi connectivity index (χ2n) is 6.60. The molecule has 3 N–H and O–H groups in total. The molecule has 3 rings (SSSR count). The molecule has 1 aromatic carbocycles. The number of hydrogen-bond donors (Lipinski definition) is 3. The van der Waals surface area contributed by atoms with Gasteiger partial charge in [0, 0.05) is 19.9 Å². The van der Waals surface area contributed by atoms with Crippen molar-refractivity contribution in [1.82, 2.24) is 15.0 Å². The number of nitrogens with one attached hydrogen (secondary N) is 3. The van der Waals surface area contributed by atoms with E-state index in [1.807, 2.05) is 0 Å². The number of aromatic amines is 1. The zero-order chi connectivity index (χ0) is 22.6. The molecule has 0 aliphatic carbocycles. The number of carbonyl (C=O) groups is 1. The van der Waals surface area contributed by atoms with Crippen LogP contribution in [0.25, 0.3) is 11.0 Å². The van der Waals surface area contributed by atoms with Crippen molar-refractivity contribution in [2.75, 3.05) is 36.1 Å². The van der Waals surface area contributed by atoms with Crippen molar-refractivity contribution >= 4 is 38.3 Å². The number of methoxy groups -OCH3 is 1. The normalized spacial score (nSPS) is 11.6. The van der Waals surface area contributed by atoms with Gasteiger partial charge in [0.05, 0.1) is 34.6 Å². The van der Waals surface area contributed by atoms with Crippen LogP contribution in [0.4, 0.5) is 20.3 Å². The van der Waals surface area contributed by atoms with Crippen LogP contribution in [0.5, 0.6) is 0 Å². The molecule has 12 heteroatoms. The Hall–Kier alpha value is -3.12. The lowest BCUT2D eigenvalue weighted by molar-refractivity contribution is 0.103. The molecule has 3 aromatic rings. The van der Waals surface area contributed by atoms with Gasteiger partial charge in [-0.2, -0.15) is 0 Å². The maximum Gasteiger partial charge on any atom is 0.232 e. The zero-order valence-corrected chi connectivity index (χ0v) is 17.6. The number of nitrogens with zero attached hydrogens (tertiary/aromatic N) is 2. The molecular weight excluding hydrogens is 432 g/mol. The van der Waals surface area contributed by atoms with Crippen LogP contribution >= 0.6 is 0 Å². The smallest absolute Gasteiger partial charge is 0.232 e. The Morgan fingerprint density at radius 1 is 1.26 bits per heavy atom. The highest BCUT2D eigenvalue weighted by Crippen LogP contribution is 2.29. The Bertz CT molecular complexity index is 1210. The Labute approximate surface area is 177 Å². The summed E-state index contributed by atoms with van der Waals surface area (Å²) < 4.78 is 60.5. The van der Waals surface area contributed by atoms with Gasteiger partial charge in [-0.3, -0.25) is 9.52 Å². The van der Waals surface area contributed by atoms with E-state index >= 15 is 4.39 Å². The third-order valence-electron chi connectivity index (χ3n) is 4.37. The summed E-state index contributed by atoms with van der Waals surface area (Å²) in [6.45, 7) is 2.38. The molecule has 0 unspecified atom stereocenters. The van der Waals surface area contributed by atoms with Gasteiger partial charge in [-0.05, 0) is 18.6 Å². The molecule has 2 aromatic heterocycles. The van der Waals surface area contributed by atoms with E-state index in [4.69, 9.17) is 4.74 Å². The fourth-order valence-corrected chi connectivity index (χ4v) is 4.14. The molecule has 0 fully saturated rings. The predicted molar refractivity (Wildman–Crippen MR) is 112 cm³/mol. The molecule has 2 heterocycles. The largest absolute Gasteiger partial charge is 0.383 e. The number of rotatable bonds is 10. The van der Waals surface area contributed by atoms with E-state index in [0.29, 0.717) is 25.2 Å². The van der Waals surface area contributed by atoms with Gasteiger partial charge in [0.2, 0.25) is 15.8 Å². The van der Waals surface area contributed by atoms with Crippen molar-refractivity contribution in [2.45, 2.75) is 13.3 Å². The fourth-order valence-electron chi connectivity index (χ4n) is 3.01. The standard InChI is InChI=1S/C19H21F2N5O4S/c1-3-8-31(28,29)26-13-5-4-12(20)15(16(13)21)17(27)11-9-23-19-14(11)18(24-10-25-19)22-6-7-30-2/h4-5,9-10,26H,3,6-8H2,1-2H3,(H2,22,23,24,25). The predicted octanol–water partition coefficient (Wildman–Crippen LogP) is 2.68. The Balaban J connectivity index is 2.05. The van der Waals surface area contributed by atoms with Crippen LogP contribution in [0.3, 0.4) is 0 Å². The van der Waals surface area contributed by atoms with Gasteiger partial charge in [-0.25, -0.2) is 27.2 Å². The molecule has 0 saturated carbocycles. The van der Waals surface area contributed by atoms with E-state index < -0.39 is 38.7 Å². The molecule has 0 aliphatic rings.